The van der Waals surface area contributed by atoms with Crippen molar-refractivity contribution in [1.29, 1.82) is 0 Å². The molecule has 2 aliphatic heterocycles. The minimum absolute atomic E-state index is 0.0413. The van der Waals surface area contributed by atoms with Crippen LogP contribution in [0.1, 0.15) is 19.8 Å². The summed E-state index contributed by atoms with van der Waals surface area (Å²) >= 11 is 0. The Morgan fingerprint density at radius 3 is 2.88 bits per heavy atom. The first-order chi connectivity index (χ1) is 11.7. The van der Waals surface area contributed by atoms with Crippen molar-refractivity contribution in [1.82, 2.24) is 9.80 Å². The molecule has 1 aromatic carbocycles. The second kappa shape index (κ2) is 8.35. The minimum Gasteiger partial charge on any atom is -0.494 e. The second-order valence-corrected chi connectivity index (χ2v) is 6.31. The van der Waals surface area contributed by atoms with Gasteiger partial charge in [0.05, 0.1) is 12.7 Å². The van der Waals surface area contributed by atoms with Gasteiger partial charge >= 0.3 is 6.03 Å². The molecule has 3 rings (SSSR count). The van der Waals surface area contributed by atoms with Gasteiger partial charge in [0, 0.05) is 51.1 Å². The molecule has 6 heteroatoms. The molecule has 132 valence electrons. The number of carbonyl (C=O) groups excluding carboxylic acids is 1. The molecule has 0 bridgehead atoms. The van der Waals surface area contributed by atoms with E-state index in [1.54, 1.807) is 0 Å². The molecular formula is C18H27N3O3. The largest absolute Gasteiger partial charge is 0.494 e. The average Bonchev–Trinajstić information content (AvgIpc) is 3.09. The van der Waals surface area contributed by atoms with Gasteiger partial charge in [-0.25, -0.2) is 4.79 Å². The summed E-state index contributed by atoms with van der Waals surface area (Å²) in [7, 11) is 0. The molecule has 1 N–H and O–H groups in total. The predicted molar refractivity (Wildman–Crippen MR) is 93.6 cm³/mol. The Hall–Kier alpha value is -1.79. The van der Waals surface area contributed by atoms with Crippen LogP contribution in [0.15, 0.2) is 24.3 Å². The van der Waals surface area contributed by atoms with E-state index >= 15 is 0 Å². The van der Waals surface area contributed by atoms with Gasteiger partial charge in [-0.1, -0.05) is 6.07 Å². The van der Waals surface area contributed by atoms with Gasteiger partial charge in [0.15, 0.2) is 0 Å². The second-order valence-electron chi connectivity index (χ2n) is 6.31. The van der Waals surface area contributed by atoms with Crippen LogP contribution in [0.25, 0.3) is 0 Å². The van der Waals surface area contributed by atoms with E-state index in [0.29, 0.717) is 12.7 Å². The Bertz CT molecular complexity index is 538. The molecule has 6 nitrogen and oxygen atoms in total. The van der Waals surface area contributed by atoms with Gasteiger partial charge < -0.3 is 19.7 Å². The molecule has 2 fully saturated rings. The summed E-state index contributed by atoms with van der Waals surface area (Å²) in [5.41, 5.74) is 0.771. The lowest BCUT2D eigenvalue weighted by molar-refractivity contribution is 0.0572. The summed E-state index contributed by atoms with van der Waals surface area (Å²) < 4.78 is 11.2. The van der Waals surface area contributed by atoms with E-state index in [1.165, 1.54) is 6.42 Å². The van der Waals surface area contributed by atoms with Gasteiger partial charge in [0.1, 0.15) is 5.75 Å². The number of benzene rings is 1. The fourth-order valence-electron chi connectivity index (χ4n) is 3.24. The summed E-state index contributed by atoms with van der Waals surface area (Å²) in [4.78, 5) is 16.7. The minimum atomic E-state index is -0.0413. The molecule has 0 radical (unpaired) electrons. The zero-order valence-corrected chi connectivity index (χ0v) is 14.4. The number of carbonyl (C=O) groups is 1. The monoisotopic (exact) mass is 333 g/mol. The highest BCUT2D eigenvalue weighted by atomic mass is 16.5. The average molecular weight is 333 g/mol. The SMILES string of the molecule is CCOc1cccc(NC(=O)N2CCN(C[C@@H]3CCCO3)CC2)c1. The zero-order chi connectivity index (χ0) is 16.8. The number of hydrogen-bond acceptors (Lipinski definition) is 4. The predicted octanol–water partition coefficient (Wildman–Crippen LogP) is 2.41. The molecule has 0 saturated carbocycles. The fraction of sp³-hybridized carbons (Fsp3) is 0.611. The Morgan fingerprint density at radius 2 is 2.17 bits per heavy atom. The van der Waals surface area contributed by atoms with Crippen molar-refractivity contribution < 1.29 is 14.3 Å². The van der Waals surface area contributed by atoms with Gasteiger partial charge in [-0.2, -0.15) is 0 Å². The quantitative estimate of drug-likeness (QED) is 0.899. The number of nitrogens with zero attached hydrogens (tertiary/aromatic N) is 2. The van der Waals surface area contributed by atoms with Crippen molar-refractivity contribution >= 4 is 11.7 Å². The van der Waals surface area contributed by atoms with Crippen LogP contribution in [-0.4, -0.2) is 67.9 Å². The van der Waals surface area contributed by atoms with E-state index in [2.05, 4.69) is 10.2 Å². The third-order valence-corrected chi connectivity index (χ3v) is 4.54. The molecule has 2 aliphatic rings. The van der Waals surface area contributed by atoms with E-state index in [1.807, 2.05) is 36.1 Å². The topological polar surface area (TPSA) is 54.0 Å². The van der Waals surface area contributed by atoms with Gasteiger partial charge in [-0.05, 0) is 31.9 Å². The molecular weight excluding hydrogens is 306 g/mol. The molecule has 0 aliphatic carbocycles. The molecule has 2 amide bonds. The van der Waals surface area contributed by atoms with Crippen molar-refractivity contribution in [3.8, 4) is 5.75 Å². The molecule has 2 saturated heterocycles. The summed E-state index contributed by atoms with van der Waals surface area (Å²) in [5, 5.41) is 2.96. The zero-order valence-electron chi connectivity index (χ0n) is 14.4. The van der Waals surface area contributed by atoms with Crippen LogP contribution in [-0.2, 0) is 4.74 Å². The lowest BCUT2D eigenvalue weighted by atomic mass is 10.2. The maximum atomic E-state index is 12.4. The summed E-state index contributed by atoms with van der Waals surface area (Å²) in [6.07, 6.45) is 2.72. The van der Waals surface area contributed by atoms with E-state index in [-0.39, 0.29) is 6.03 Å². The number of piperazine rings is 1. The summed E-state index contributed by atoms with van der Waals surface area (Å²) in [6.45, 7) is 7.77. The maximum absolute atomic E-state index is 12.4. The molecule has 0 aromatic heterocycles. The highest BCUT2D eigenvalue weighted by Crippen LogP contribution is 2.18. The lowest BCUT2D eigenvalue weighted by Gasteiger charge is -2.35. The number of ether oxygens (including phenoxy) is 2. The number of nitrogens with one attached hydrogen (secondary N) is 1. The van der Waals surface area contributed by atoms with Gasteiger partial charge in [-0.15, -0.1) is 0 Å². The number of anilines is 1. The molecule has 0 spiro atoms. The lowest BCUT2D eigenvalue weighted by Crippen LogP contribution is -2.51. The Labute approximate surface area is 143 Å². The highest BCUT2D eigenvalue weighted by Gasteiger charge is 2.24. The fourth-order valence-corrected chi connectivity index (χ4v) is 3.24. The van der Waals surface area contributed by atoms with Crippen molar-refractivity contribution in [2.75, 3.05) is 51.3 Å². The number of amides is 2. The van der Waals surface area contributed by atoms with Gasteiger partial charge in [-0.3, -0.25) is 4.90 Å². The van der Waals surface area contributed by atoms with Crippen LogP contribution in [0, 0.1) is 0 Å². The third kappa shape index (κ3) is 4.61. The van der Waals surface area contributed by atoms with E-state index in [0.717, 1.165) is 57.2 Å². The van der Waals surface area contributed by atoms with Gasteiger partial charge in [0.2, 0.25) is 0 Å². The number of urea groups is 1. The van der Waals surface area contributed by atoms with Crippen LogP contribution < -0.4 is 10.1 Å². The Kier molecular flexibility index (Phi) is 5.93. The van der Waals surface area contributed by atoms with Crippen LogP contribution in [0.2, 0.25) is 0 Å². The summed E-state index contributed by atoms with van der Waals surface area (Å²) in [5.74, 6) is 0.775. The molecule has 0 unspecified atom stereocenters. The van der Waals surface area contributed by atoms with E-state index in [9.17, 15) is 4.79 Å². The highest BCUT2D eigenvalue weighted by molar-refractivity contribution is 5.89. The first kappa shape index (κ1) is 17.0. The Balaban J connectivity index is 1.45. The smallest absolute Gasteiger partial charge is 0.321 e. The molecule has 24 heavy (non-hydrogen) atoms. The summed E-state index contributed by atoms with van der Waals surface area (Å²) in [6, 6.07) is 7.48. The standard InChI is InChI=1S/C18H27N3O3/c1-2-23-16-6-3-5-15(13-16)19-18(22)21-10-8-20(9-11-21)14-17-7-4-12-24-17/h3,5-6,13,17H,2,4,7-12,14H2,1H3,(H,19,22)/t17-/m0/s1. The maximum Gasteiger partial charge on any atom is 0.321 e. The first-order valence-electron chi connectivity index (χ1n) is 8.87. The van der Waals surface area contributed by atoms with Crippen LogP contribution in [0.5, 0.6) is 5.75 Å². The van der Waals surface area contributed by atoms with Crippen molar-refractivity contribution in [2.24, 2.45) is 0 Å². The molecule has 1 aromatic rings. The van der Waals surface area contributed by atoms with Crippen LogP contribution >= 0.6 is 0 Å². The molecule has 1 atom stereocenters. The van der Waals surface area contributed by atoms with Crippen molar-refractivity contribution in [3.63, 3.8) is 0 Å². The Morgan fingerprint density at radius 1 is 1.33 bits per heavy atom. The van der Waals surface area contributed by atoms with Crippen LogP contribution in [0.4, 0.5) is 10.5 Å². The van der Waals surface area contributed by atoms with Crippen molar-refractivity contribution in [2.45, 2.75) is 25.9 Å². The molecule has 2 heterocycles. The van der Waals surface area contributed by atoms with Crippen LogP contribution in [0.3, 0.4) is 0 Å². The third-order valence-electron chi connectivity index (χ3n) is 4.54. The number of hydrogen-bond donors (Lipinski definition) is 1. The van der Waals surface area contributed by atoms with Crippen molar-refractivity contribution in [3.05, 3.63) is 24.3 Å². The van der Waals surface area contributed by atoms with E-state index in [4.69, 9.17) is 9.47 Å². The number of rotatable bonds is 5. The van der Waals surface area contributed by atoms with Gasteiger partial charge in [0.25, 0.3) is 0 Å². The van der Waals surface area contributed by atoms with E-state index < -0.39 is 0 Å². The first-order valence-corrected chi connectivity index (χ1v) is 8.87. The normalized spacial score (nSPS) is 21.7.